The number of amides is 2. The molecule has 1 saturated heterocycles. The maximum absolute atomic E-state index is 12.2. The second-order valence-electron chi connectivity index (χ2n) is 4.72. The summed E-state index contributed by atoms with van der Waals surface area (Å²) in [5.41, 5.74) is -0.0169. The number of nitrogens with zero attached hydrogens (tertiary/aromatic N) is 1. The molecule has 8 nitrogen and oxygen atoms in total. The first-order valence-corrected chi connectivity index (χ1v) is 7.51. The van der Waals surface area contributed by atoms with Crippen LogP contribution in [0.15, 0.2) is 11.3 Å². The molecule has 0 aromatic rings. The second kappa shape index (κ2) is 6.39. The molecule has 2 aliphatic heterocycles. The highest BCUT2D eigenvalue weighted by molar-refractivity contribution is 8.00. The van der Waals surface area contributed by atoms with Gasteiger partial charge in [-0.2, -0.15) is 0 Å². The molecule has 1 fully saturated rings. The summed E-state index contributed by atoms with van der Waals surface area (Å²) in [7, 11) is 0. The maximum Gasteiger partial charge on any atom is 0.302 e. The lowest BCUT2D eigenvalue weighted by molar-refractivity contribution is -0.301. The lowest BCUT2D eigenvalue weighted by atomic mass is 10.0. The van der Waals surface area contributed by atoms with Gasteiger partial charge >= 0.3 is 5.97 Å². The minimum absolute atomic E-state index is 0.0257. The summed E-state index contributed by atoms with van der Waals surface area (Å²) in [6.07, 6.45) is -0.0257. The summed E-state index contributed by atoms with van der Waals surface area (Å²) in [6, 6.07) is -0.816. The number of esters is 1. The van der Waals surface area contributed by atoms with Crippen LogP contribution in [0, 0.1) is 0 Å². The molecular weight excluding hydrogens is 312 g/mol. The zero-order chi connectivity index (χ0) is 17.1. The number of ether oxygens (including phenoxy) is 1. The third-order valence-corrected chi connectivity index (χ3v) is 4.57. The Bertz CT molecular complexity index is 593. The van der Waals surface area contributed by atoms with Crippen LogP contribution < -0.4 is 10.4 Å². The van der Waals surface area contributed by atoms with Crippen LogP contribution in [-0.4, -0.2) is 52.4 Å². The zero-order valence-corrected chi connectivity index (χ0v) is 12.6. The molecule has 0 aliphatic carbocycles. The van der Waals surface area contributed by atoms with E-state index in [4.69, 9.17) is 6.11 Å². The predicted octanol–water partition coefficient (Wildman–Crippen LogP) is -1.64. The SMILES string of the molecule is [3H]CCC(=O)N[C@@H]1C(=O)N2C(C(=O)[O-])=C(COC(C)=O)CS[C@H]12. The molecule has 9 heteroatoms. The van der Waals surface area contributed by atoms with E-state index in [1.807, 2.05) is 0 Å². The first-order chi connectivity index (χ1) is 10.9. The normalized spacial score (nSPS) is 24.1. The predicted molar refractivity (Wildman–Crippen MR) is 74.0 cm³/mol. The van der Waals surface area contributed by atoms with Gasteiger partial charge < -0.3 is 20.0 Å². The zero-order valence-electron chi connectivity index (χ0n) is 12.8. The van der Waals surface area contributed by atoms with Gasteiger partial charge in [0.25, 0.3) is 5.91 Å². The van der Waals surface area contributed by atoms with Crippen LogP contribution in [0.3, 0.4) is 0 Å². The van der Waals surface area contributed by atoms with Crippen molar-refractivity contribution in [1.82, 2.24) is 10.2 Å². The van der Waals surface area contributed by atoms with Crippen LogP contribution >= 0.6 is 11.8 Å². The van der Waals surface area contributed by atoms with E-state index in [1.54, 1.807) is 0 Å². The Morgan fingerprint density at radius 3 is 2.86 bits per heavy atom. The highest BCUT2D eigenvalue weighted by atomic mass is 32.2. The Hall–Kier alpha value is -2.03. The van der Waals surface area contributed by atoms with E-state index in [2.05, 4.69) is 5.32 Å². The lowest BCUT2D eigenvalue weighted by Gasteiger charge is -2.50. The van der Waals surface area contributed by atoms with Crippen molar-refractivity contribution in [3.63, 3.8) is 0 Å². The minimum atomic E-state index is -1.53. The van der Waals surface area contributed by atoms with Crippen molar-refractivity contribution in [3.05, 3.63) is 11.3 Å². The number of carbonyl (C=O) groups is 4. The summed E-state index contributed by atoms with van der Waals surface area (Å²) >= 11 is 1.27. The fourth-order valence-electron chi connectivity index (χ4n) is 2.22. The molecule has 120 valence electrons. The topological polar surface area (TPSA) is 116 Å². The number of carboxylic acids is 1. The van der Waals surface area contributed by atoms with Crippen molar-refractivity contribution < 1.29 is 30.4 Å². The van der Waals surface area contributed by atoms with Gasteiger partial charge in [0.1, 0.15) is 18.0 Å². The van der Waals surface area contributed by atoms with Crippen molar-refractivity contribution in [2.24, 2.45) is 0 Å². The monoisotopic (exact) mass is 329 g/mol. The van der Waals surface area contributed by atoms with E-state index in [0.29, 0.717) is 0 Å². The fraction of sp³-hybridized carbons (Fsp3) is 0.538. The minimum Gasteiger partial charge on any atom is -0.543 e. The molecule has 0 bridgehead atoms. The molecule has 2 heterocycles. The molecule has 0 aromatic carbocycles. The van der Waals surface area contributed by atoms with Crippen molar-refractivity contribution in [2.45, 2.75) is 31.7 Å². The van der Waals surface area contributed by atoms with Gasteiger partial charge in [0, 0.05) is 26.0 Å². The van der Waals surface area contributed by atoms with Crippen molar-refractivity contribution in [1.29, 1.82) is 0 Å². The number of rotatable bonds is 5. The highest BCUT2D eigenvalue weighted by Crippen LogP contribution is 2.40. The maximum atomic E-state index is 12.2. The van der Waals surface area contributed by atoms with E-state index in [9.17, 15) is 24.3 Å². The average molecular weight is 329 g/mol. The summed E-state index contributed by atoms with van der Waals surface area (Å²) in [4.78, 5) is 46.9. The summed E-state index contributed by atoms with van der Waals surface area (Å²) in [6.45, 7) is 0.883. The molecule has 0 radical (unpaired) electrons. The van der Waals surface area contributed by atoms with Crippen molar-refractivity contribution in [3.8, 4) is 0 Å². The van der Waals surface area contributed by atoms with Crippen molar-refractivity contribution >= 4 is 35.5 Å². The fourth-order valence-corrected chi connectivity index (χ4v) is 3.54. The largest absolute Gasteiger partial charge is 0.543 e. The smallest absolute Gasteiger partial charge is 0.302 e. The molecule has 2 amide bonds. The molecule has 2 rings (SSSR count). The van der Waals surface area contributed by atoms with Gasteiger partial charge in [0.05, 0.1) is 11.7 Å². The van der Waals surface area contributed by atoms with Crippen LogP contribution in [0.5, 0.6) is 0 Å². The molecule has 0 aromatic heterocycles. The van der Waals surface area contributed by atoms with E-state index in [0.717, 1.165) is 4.90 Å². The number of hydrogen-bond donors (Lipinski definition) is 1. The quantitative estimate of drug-likeness (QED) is 0.475. The number of β-lactam (4-membered cyclic amide) rings is 1. The third-order valence-electron chi connectivity index (χ3n) is 3.23. The Morgan fingerprint density at radius 2 is 2.27 bits per heavy atom. The molecule has 2 aliphatic rings. The van der Waals surface area contributed by atoms with Crippen LogP contribution in [0.1, 0.15) is 21.6 Å². The number of fused-ring (bicyclic) bond motifs is 1. The highest BCUT2D eigenvalue weighted by Gasteiger charge is 2.52. The summed E-state index contributed by atoms with van der Waals surface area (Å²) in [5, 5.41) is 13.3. The lowest BCUT2D eigenvalue weighted by Crippen LogP contribution is -2.71. The molecule has 2 atom stereocenters. The van der Waals surface area contributed by atoms with E-state index in [-0.39, 0.29) is 37.0 Å². The summed E-state index contributed by atoms with van der Waals surface area (Å²) in [5.74, 6) is -2.82. The number of carboxylic acid groups (broad SMARTS) is 1. The Morgan fingerprint density at radius 1 is 1.55 bits per heavy atom. The summed E-state index contributed by atoms with van der Waals surface area (Å²) < 4.78 is 11.8. The van der Waals surface area contributed by atoms with Crippen LogP contribution in [0.2, 0.25) is 0 Å². The van der Waals surface area contributed by atoms with Gasteiger partial charge in [-0.3, -0.25) is 19.3 Å². The molecule has 0 unspecified atom stereocenters. The van der Waals surface area contributed by atoms with E-state index < -0.39 is 35.2 Å². The Labute approximate surface area is 132 Å². The van der Waals surface area contributed by atoms with Crippen LogP contribution in [0.25, 0.3) is 0 Å². The van der Waals surface area contributed by atoms with E-state index in [1.165, 1.54) is 18.7 Å². The number of hydrogen-bond acceptors (Lipinski definition) is 7. The Kier molecular flexibility index (Phi) is 4.32. The molecule has 1 N–H and O–H groups in total. The molecule has 0 spiro atoms. The van der Waals surface area contributed by atoms with Crippen LogP contribution in [0.4, 0.5) is 0 Å². The molecular formula is C13H15N2O6S-. The number of nitrogens with one attached hydrogen (secondary N) is 1. The molecule has 0 saturated carbocycles. The molecule has 22 heavy (non-hydrogen) atoms. The second-order valence-corrected chi connectivity index (χ2v) is 5.83. The third kappa shape index (κ3) is 2.94. The van der Waals surface area contributed by atoms with Gasteiger partial charge in [-0.25, -0.2) is 0 Å². The number of thioether (sulfide) groups is 1. The van der Waals surface area contributed by atoms with Gasteiger partial charge in [-0.05, 0) is 0 Å². The van der Waals surface area contributed by atoms with Gasteiger partial charge in [-0.15, -0.1) is 11.8 Å². The standard InChI is InChI=1S/C13H16N2O6S/c1-3-8(17)14-9-11(18)15-10(13(19)20)7(4-21-6(2)16)5-22-12(9)15/h9,12H,3-5H2,1-2H3,(H,14,17)(H,19,20)/p-1/t9-,12-/m1/s1/i1T. The Balaban J connectivity index is 2.14. The van der Waals surface area contributed by atoms with E-state index >= 15 is 0 Å². The average Bonchev–Trinajstić information content (AvgIpc) is 2.49. The van der Waals surface area contributed by atoms with Crippen LogP contribution in [-0.2, 0) is 23.9 Å². The van der Waals surface area contributed by atoms with Gasteiger partial charge in [0.2, 0.25) is 5.91 Å². The van der Waals surface area contributed by atoms with Crippen molar-refractivity contribution in [2.75, 3.05) is 12.4 Å². The first-order valence-electron chi connectivity index (χ1n) is 7.17. The van der Waals surface area contributed by atoms with Gasteiger partial charge in [0.15, 0.2) is 0 Å². The number of aliphatic carboxylic acids is 1. The number of carbonyl (C=O) groups excluding carboxylic acids is 4. The van der Waals surface area contributed by atoms with Gasteiger partial charge in [-0.1, -0.05) is 6.90 Å². The first kappa shape index (κ1) is 14.9.